The fourth-order valence-corrected chi connectivity index (χ4v) is 2.51. The van der Waals surface area contributed by atoms with Crippen LogP contribution in [0.2, 0.25) is 0 Å². The number of rotatable bonds is 3. The molecule has 2 N–H and O–H groups in total. The Morgan fingerprint density at radius 3 is 2.68 bits per heavy atom. The molecule has 1 aromatic rings. The maximum Gasteiger partial charge on any atom is 0.294 e. The second-order valence-corrected chi connectivity index (χ2v) is 5.08. The van der Waals surface area contributed by atoms with Crippen molar-refractivity contribution in [2.24, 2.45) is 5.73 Å². The van der Waals surface area contributed by atoms with Crippen LogP contribution in [0.25, 0.3) is 6.08 Å². The molecule has 0 bridgehead atoms. The maximum atomic E-state index is 12.0. The number of aryl methyl sites for hydroxylation is 1. The molecule has 1 heterocycles. The van der Waals surface area contributed by atoms with E-state index in [1.165, 1.54) is 0 Å². The smallest absolute Gasteiger partial charge is 0.294 e. The van der Waals surface area contributed by atoms with Gasteiger partial charge in [-0.15, -0.1) is 0 Å². The molecule has 3 amide bonds. The number of thioether (sulfide) groups is 1. The zero-order chi connectivity index (χ0) is 14.0. The number of hydrogen-bond acceptors (Lipinski definition) is 4. The average molecular weight is 276 g/mol. The van der Waals surface area contributed by atoms with Crippen molar-refractivity contribution in [2.45, 2.75) is 6.92 Å². The first-order chi connectivity index (χ1) is 8.99. The third-order valence-electron chi connectivity index (χ3n) is 2.66. The van der Waals surface area contributed by atoms with Crippen molar-refractivity contribution in [1.82, 2.24) is 4.90 Å². The van der Waals surface area contributed by atoms with Crippen LogP contribution in [0.3, 0.4) is 0 Å². The monoisotopic (exact) mass is 276 g/mol. The maximum absolute atomic E-state index is 12.0. The first kappa shape index (κ1) is 13.4. The van der Waals surface area contributed by atoms with Gasteiger partial charge in [-0.2, -0.15) is 0 Å². The molecule has 0 unspecified atom stereocenters. The van der Waals surface area contributed by atoms with Crippen molar-refractivity contribution < 1.29 is 14.4 Å². The van der Waals surface area contributed by atoms with E-state index in [1.54, 1.807) is 6.08 Å². The van der Waals surface area contributed by atoms with Crippen LogP contribution in [0.5, 0.6) is 0 Å². The van der Waals surface area contributed by atoms with Gasteiger partial charge in [-0.3, -0.25) is 19.3 Å². The number of benzene rings is 1. The number of primary amides is 1. The SMILES string of the molecule is Cc1ccccc1/C=C1\SC(=O)N(CC(N)=O)C1=O. The van der Waals surface area contributed by atoms with Gasteiger partial charge in [0, 0.05) is 0 Å². The van der Waals surface area contributed by atoms with Crippen molar-refractivity contribution in [3.8, 4) is 0 Å². The summed E-state index contributed by atoms with van der Waals surface area (Å²) in [7, 11) is 0. The highest BCUT2D eigenvalue weighted by atomic mass is 32.2. The van der Waals surface area contributed by atoms with Crippen LogP contribution in [-0.4, -0.2) is 28.5 Å². The molecule has 1 aromatic carbocycles. The Bertz CT molecular complexity index is 595. The lowest BCUT2D eigenvalue weighted by Gasteiger charge is -2.08. The fourth-order valence-electron chi connectivity index (χ4n) is 1.68. The van der Waals surface area contributed by atoms with Gasteiger partial charge in [0.1, 0.15) is 6.54 Å². The lowest BCUT2D eigenvalue weighted by molar-refractivity contribution is -0.127. The number of carbonyl (C=O) groups excluding carboxylic acids is 3. The lowest BCUT2D eigenvalue weighted by Crippen LogP contribution is -2.36. The normalized spacial score (nSPS) is 17.3. The van der Waals surface area contributed by atoms with Gasteiger partial charge in [0.15, 0.2) is 0 Å². The van der Waals surface area contributed by atoms with Gasteiger partial charge in [-0.1, -0.05) is 24.3 Å². The Hall–Kier alpha value is -2.08. The molecule has 98 valence electrons. The second-order valence-electron chi connectivity index (χ2n) is 4.09. The number of carbonyl (C=O) groups is 3. The summed E-state index contributed by atoms with van der Waals surface area (Å²) in [4.78, 5) is 35.6. The topological polar surface area (TPSA) is 80.5 Å². The minimum atomic E-state index is -0.709. The molecule has 1 saturated heterocycles. The Morgan fingerprint density at radius 2 is 2.05 bits per heavy atom. The van der Waals surface area contributed by atoms with E-state index in [0.29, 0.717) is 4.91 Å². The molecule has 0 spiro atoms. The number of nitrogens with two attached hydrogens (primary N) is 1. The zero-order valence-electron chi connectivity index (χ0n) is 10.3. The summed E-state index contributed by atoms with van der Waals surface area (Å²) in [5, 5.41) is -0.469. The Labute approximate surface area is 114 Å². The van der Waals surface area contributed by atoms with E-state index < -0.39 is 17.1 Å². The van der Waals surface area contributed by atoms with Gasteiger partial charge in [-0.25, -0.2) is 0 Å². The fraction of sp³-hybridized carbons (Fsp3) is 0.154. The molecule has 1 aliphatic heterocycles. The summed E-state index contributed by atoms with van der Waals surface area (Å²) >= 11 is 0.818. The molecular weight excluding hydrogens is 264 g/mol. The number of imide groups is 1. The standard InChI is InChI=1S/C13H12N2O3S/c1-8-4-2-3-5-9(8)6-10-12(17)15(7-11(14)16)13(18)19-10/h2-6H,7H2,1H3,(H2,14,16)/b10-6-. The van der Waals surface area contributed by atoms with E-state index in [-0.39, 0.29) is 6.54 Å². The van der Waals surface area contributed by atoms with Gasteiger partial charge in [0.05, 0.1) is 4.91 Å². The molecule has 0 aliphatic carbocycles. The van der Waals surface area contributed by atoms with Gasteiger partial charge >= 0.3 is 0 Å². The van der Waals surface area contributed by atoms with E-state index in [1.807, 2.05) is 31.2 Å². The predicted octanol–water partition coefficient (Wildman–Crippen LogP) is 1.52. The number of amides is 3. The third-order valence-corrected chi connectivity index (χ3v) is 3.57. The highest BCUT2D eigenvalue weighted by molar-refractivity contribution is 8.18. The molecular formula is C13H12N2O3S. The van der Waals surface area contributed by atoms with Crippen molar-refractivity contribution in [3.63, 3.8) is 0 Å². The van der Waals surface area contributed by atoms with E-state index in [9.17, 15) is 14.4 Å². The van der Waals surface area contributed by atoms with E-state index in [0.717, 1.165) is 27.8 Å². The molecule has 2 rings (SSSR count). The first-order valence-corrected chi connectivity index (χ1v) is 6.40. The minimum absolute atomic E-state index is 0.306. The summed E-state index contributed by atoms with van der Waals surface area (Å²) in [6.45, 7) is 1.54. The highest BCUT2D eigenvalue weighted by Crippen LogP contribution is 2.32. The van der Waals surface area contributed by atoms with Crippen molar-refractivity contribution in [2.75, 3.05) is 6.54 Å². The minimum Gasteiger partial charge on any atom is -0.368 e. The van der Waals surface area contributed by atoms with Crippen LogP contribution in [0.15, 0.2) is 29.2 Å². The van der Waals surface area contributed by atoms with Crippen LogP contribution in [0, 0.1) is 6.92 Å². The van der Waals surface area contributed by atoms with Crippen LogP contribution in [-0.2, 0) is 9.59 Å². The van der Waals surface area contributed by atoms with Crippen LogP contribution < -0.4 is 5.73 Å². The van der Waals surface area contributed by atoms with E-state index >= 15 is 0 Å². The third kappa shape index (κ3) is 2.85. The van der Waals surface area contributed by atoms with Crippen molar-refractivity contribution in [3.05, 3.63) is 40.3 Å². The lowest BCUT2D eigenvalue weighted by atomic mass is 10.1. The highest BCUT2D eigenvalue weighted by Gasteiger charge is 2.35. The molecule has 5 nitrogen and oxygen atoms in total. The van der Waals surface area contributed by atoms with Crippen LogP contribution in [0.1, 0.15) is 11.1 Å². The van der Waals surface area contributed by atoms with E-state index in [4.69, 9.17) is 5.73 Å². The molecule has 6 heteroatoms. The largest absolute Gasteiger partial charge is 0.368 e. The predicted molar refractivity (Wildman–Crippen MR) is 73.1 cm³/mol. The van der Waals surface area contributed by atoms with Gasteiger partial charge in [0.2, 0.25) is 5.91 Å². The molecule has 0 saturated carbocycles. The average Bonchev–Trinajstić information content (AvgIpc) is 2.60. The Balaban J connectivity index is 2.28. The van der Waals surface area contributed by atoms with Gasteiger partial charge < -0.3 is 5.73 Å². The van der Waals surface area contributed by atoms with Crippen LogP contribution >= 0.6 is 11.8 Å². The Kier molecular flexibility index (Phi) is 3.71. The van der Waals surface area contributed by atoms with Gasteiger partial charge in [-0.05, 0) is 35.9 Å². The quantitative estimate of drug-likeness (QED) is 0.849. The molecule has 19 heavy (non-hydrogen) atoms. The van der Waals surface area contributed by atoms with Gasteiger partial charge in [0.25, 0.3) is 11.1 Å². The summed E-state index contributed by atoms with van der Waals surface area (Å²) < 4.78 is 0. The number of hydrogen-bond donors (Lipinski definition) is 1. The molecule has 1 aliphatic rings. The number of nitrogens with zero attached hydrogens (tertiary/aromatic N) is 1. The first-order valence-electron chi connectivity index (χ1n) is 5.58. The zero-order valence-corrected chi connectivity index (χ0v) is 11.1. The summed E-state index contributed by atoms with van der Waals surface area (Å²) in [5.74, 6) is -1.18. The van der Waals surface area contributed by atoms with E-state index in [2.05, 4.69) is 0 Å². The summed E-state index contributed by atoms with van der Waals surface area (Å²) in [5.41, 5.74) is 6.88. The molecule has 0 aromatic heterocycles. The Morgan fingerprint density at radius 1 is 1.37 bits per heavy atom. The second kappa shape index (κ2) is 5.27. The molecule has 0 atom stereocenters. The molecule has 0 radical (unpaired) electrons. The van der Waals surface area contributed by atoms with Crippen LogP contribution in [0.4, 0.5) is 4.79 Å². The summed E-state index contributed by atoms with van der Waals surface area (Å²) in [6.07, 6.45) is 1.65. The summed E-state index contributed by atoms with van der Waals surface area (Å²) in [6, 6.07) is 7.52. The van der Waals surface area contributed by atoms with Crippen molar-refractivity contribution >= 4 is 34.9 Å². The van der Waals surface area contributed by atoms with Crippen molar-refractivity contribution in [1.29, 1.82) is 0 Å². The molecule has 1 fully saturated rings.